The molecule has 0 aliphatic rings. The maximum absolute atomic E-state index is 10.3. The number of rotatable bonds is 5. The topological polar surface area (TPSA) is 80.5 Å². The Morgan fingerprint density at radius 3 is 1.92 bits per heavy atom. The first kappa shape index (κ1) is 29.5. The van der Waals surface area contributed by atoms with Crippen LogP contribution in [0.5, 0.6) is 0 Å². The Morgan fingerprint density at radius 2 is 1.10 bits per heavy atom. The van der Waals surface area contributed by atoms with Crippen molar-refractivity contribution in [1.82, 2.24) is 19.5 Å². The van der Waals surface area contributed by atoms with Crippen molar-refractivity contribution in [3.63, 3.8) is 0 Å². The van der Waals surface area contributed by atoms with Gasteiger partial charge >= 0.3 is 0 Å². The van der Waals surface area contributed by atoms with Crippen LogP contribution in [0.25, 0.3) is 94.7 Å². The predicted molar refractivity (Wildman–Crippen MR) is 208 cm³/mol. The van der Waals surface area contributed by atoms with Crippen LogP contribution in [0.3, 0.4) is 0 Å². The summed E-state index contributed by atoms with van der Waals surface area (Å²) in [6.45, 7) is 0. The van der Waals surface area contributed by atoms with Crippen LogP contribution in [0.4, 0.5) is 0 Å². The minimum atomic E-state index is 0.475. The molecule has 0 aliphatic carbocycles. The van der Waals surface area contributed by atoms with Gasteiger partial charge in [0.15, 0.2) is 17.5 Å². The lowest BCUT2D eigenvalue weighted by Gasteiger charge is -2.12. The number of furan rings is 1. The minimum Gasteiger partial charge on any atom is -0.455 e. The van der Waals surface area contributed by atoms with Crippen molar-refractivity contribution in [3.8, 4) is 57.0 Å². The number of nitrogens with zero attached hydrogens (tertiary/aromatic N) is 5. The van der Waals surface area contributed by atoms with Gasteiger partial charge in [-0.3, -0.25) is 0 Å². The highest BCUT2D eigenvalue weighted by molar-refractivity contribution is 6.15. The fourth-order valence-electron chi connectivity index (χ4n) is 7.35. The second-order valence-corrected chi connectivity index (χ2v) is 12.8. The van der Waals surface area contributed by atoms with E-state index >= 15 is 0 Å². The minimum absolute atomic E-state index is 0.475. The molecule has 3 heterocycles. The fourth-order valence-corrected chi connectivity index (χ4v) is 7.35. The summed E-state index contributed by atoms with van der Waals surface area (Å²) in [5.74, 6) is 1.57. The average molecular weight is 666 g/mol. The molecule has 0 spiro atoms. The van der Waals surface area contributed by atoms with Crippen LogP contribution in [0.1, 0.15) is 5.56 Å². The summed E-state index contributed by atoms with van der Waals surface area (Å²) in [4.78, 5) is 15.3. The second kappa shape index (κ2) is 11.9. The van der Waals surface area contributed by atoms with Gasteiger partial charge in [-0.25, -0.2) is 15.0 Å². The summed E-state index contributed by atoms with van der Waals surface area (Å²) < 4.78 is 8.68. The van der Waals surface area contributed by atoms with E-state index in [4.69, 9.17) is 19.4 Å². The zero-order chi connectivity index (χ0) is 34.6. The van der Waals surface area contributed by atoms with Gasteiger partial charge < -0.3 is 8.98 Å². The molecule has 0 bridgehead atoms. The van der Waals surface area contributed by atoms with E-state index in [-0.39, 0.29) is 0 Å². The maximum atomic E-state index is 10.3. The molecule has 0 aliphatic heterocycles. The molecule has 6 nitrogen and oxygen atoms in total. The van der Waals surface area contributed by atoms with Gasteiger partial charge in [-0.2, -0.15) is 5.26 Å². The predicted octanol–water partition coefficient (Wildman–Crippen LogP) is 11.4. The molecular formula is C46H27N5O. The summed E-state index contributed by atoms with van der Waals surface area (Å²) in [5.41, 5.74) is 9.53. The van der Waals surface area contributed by atoms with Crippen LogP contribution < -0.4 is 0 Å². The molecule has 0 N–H and O–H groups in total. The lowest BCUT2D eigenvalue weighted by Crippen LogP contribution is -2.01. The molecule has 52 heavy (non-hydrogen) atoms. The van der Waals surface area contributed by atoms with Crippen LogP contribution in [0, 0.1) is 11.3 Å². The first-order chi connectivity index (χ1) is 25.7. The van der Waals surface area contributed by atoms with E-state index in [0.29, 0.717) is 28.6 Å². The second-order valence-electron chi connectivity index (χ2n) is 12.8. The highest BCUT2D eigenvalue weighted by Crippen LogP contribution is 2.40. The average Bonchev–Trinajstić information content (AvgIpc) is 3.77. The smallest absolute Gasteiger partial charge is 0.164 e. The van der Waals surface area contributed by atoms with Gasteiger partial charge in [-0.05, 0) is 54.1 Å². The van der Waals surface area contributed by atoms with Gasteiger partial charge in [0, 0.05) is 49.5 Å². The van der Waals surface area contributed by atoms with E-state index in [1.54, 1.807) is 0 Å². The van der Waals surface area contributed by atoms with Crippen LogP contribution in [0.2, 0.25) is 0 Å². The van der Waals surface area contributed by atoms with Crippen molar-refractivity contribution in [2.75, 3.05) is 0 Å². The van der Waals surface area contributed by atoms with Gasteiger partial charge in [-0.15, -0.1) is 0 Å². The number of hydrogen-bond donors (Lipinski definition) is 0. The first-order valence-electron chi connectivity index (χ1n) is 17.1. The summed E-state index contributed by atoms with van der Waals surface area (Å²) >= 11 is 0. The monoisotopic (exact) mass is 665 g/mol. The summed E-state index contributed by atoms with van der Waals surface area (Å²) in [5, 5.41) is 14.5. The molecule has 6 heteroatoms. The molecule has 10 rings (SSSR count). The summed E-state index contributed by atoms with van der Waals surface area (Å²) in [6.07, 6.45) is 0. The van der Waals surface area contributed by atoms with Gasteiger partial charge in [-0.1, -0.05) is 115 Å². The van der Waals surface area contributed by atoms with Crippen molar-refractivity contribution in [3.05, 3.63) is 169 Å². The molecule has 7 aromatic carbocycles. The third-order valence-corrected chi connectivity index (χ3v) is 9.66. The van der Waals surface area contributed by atoms with E-state index in [9.17, 15) is 5.26 Å². The van der Waals surface area contributed by atoms with E-state index in [1.807, 2.05) is 84.9 Å². The quantitative estimate of drug-likeness (QED) is 0.183. The van der Waals surface area contributed by atoms with Gasteiger partial charge in [0.05, 0.1) is 22.7 Å². The van der Waals surface area contributed by atoms with Crippen molar-refractivity contribution in [2.24, 2.45) is 0 Å². The standard InChI is InChI=1S/C46H27N5O/c47-28-29-25-31(34-19-11-20-36-35-17-8-10-24-41(35)52-43(34)36)27-32(26-29)45-48-44(30-13-3-1-4-14-30)49-46(50-45)38-21-12-23-40-42(38)37-18-7-9-22-39(37)51(40)33-15-5-2-6-16-33/h1-27H. The Hall–Kier alpha value is -7.36. The van der Waals surface area contributed by atoms with E-state index in [2.05, 4.69) is 89.5 Å². The Labute approximate surface area is 298 Å². The normalized spacial score (nSPS) is 11.4. The molecule has 242 valence electrons. The third-order valence-electron chi connectivity index (χ3n) is 9.66. The van der Waals surface area contributed by atoms with Crippen LogP contribution in [-0.4, -0.2) is 19.5 Å². The van der Waals surface area contributed by atoms with Crippen LogP contribution >= 0.6 is 0 Å². The third kappa shape index (κ3) is 4.76. The lowest BCUT2D eigenvalue weighted by atomic mass is 9.98. The Balaban J connectivity index is 1.22. The van der Waals surface area contributed by atoms with Gasteiger partial charge in [0.2, 0.25) is 0 Å². The van der Waals surface area contributed by atoms with Crippen LogP contribution in [-0.2, 0) is 0 Å². The number of aromatic nitrogens is 4. The van der Waals surface area contributed by atoms with Crippen molar-refractivity contribution >= 4 is 43.7 Å². The molecule has 0 amide bonds. The number of nitriles is 1. The molecule has 3 aromatic heterocycles. The summed E-state index contributed by atoms with van der Waals surface area (Å²) in [7, 11) is 0. The van der Waals surface area contributed by atoms with E-state index in [0.717, 1.165) is 71.7 Å². The van der Waals surface area contributed by atoms with Gasteiger partial charge in [0.25, 0.3) is 0 Å². The first-order valence-corrected chi connectivity index (χ1v) is 17.1. The van der Waals surface area contributed by atoms with Crippen molar-refractivity contribution in [1.29, 1.82) is 5.26 Å². The van der Waals surface area contributed by atoms with E-state index in [1.165, 1.54) is 0 Å². The molecule has 0 radical (unpaired) electrons. The molecule has 0 atom stereocenters. The summed E-state index contributed by atoms with van der Waals surface area (Å²) in [6, 6.07) is 57.4. The zero-order valence-corrected chi connectivity index (χ0v) is 27.7. The molecular weight excluding hydrogens is 639 g/mol. The highest BCUT2D eigenvalue weighted by Gasteiger charge is 2.20. The molecule has 0 saturated carbocycles. The molecule has 0 saturated heterocycles. The largest absolute Gasteiger partial charge is 0.455 e. The SMILES string of the molecule is N#Cc1cc(-c2nc(-c3ccccc3)nc(-c3cccc4c3c3ccccc3n4-c3ccccc3)n2)cc(-c2cccc3c2oc2ccccc23)c1. The highest BCUT2D eigenvalue weighted by atomic mass is 16.3. The number of hydrogen-bond acceptors (Lipinski definition) is 5. The maximum Gasteiger partial charge on any atom is 0.164 e. The zero-order valence-electron chi connectivity index (χ0n) is 27.7. The fraction of sp³-hybridized carbons (Fsp3) is 0. The van der Waals surface area contributed by atoms with Gasteiger partial charge in [0.1, 0.15) is 11.2 Å². The Bertz CT molecular complexity index is 3030. The lowest BCUT2D eigenvalue weighted by molar-refractivity contribution is 0.670. The molecule has 10 aromatic rings. The molecule has 0 fully saturated rings. The number of fused-ring (bicyclic) bond motifs is 6. The number of para-hydroxylation sites is 4. The molecule has 0 unspecified atom stereocenters. The van der Waals surface area contributed by atoms with Crippen molar-refractivity contribution in [2.45, 2.75) is 0 Å². The van der Waals surface area contributed by atoms with Crippen LogP contribution in [0.15, 0.2) is 168 Å². The van der Waals surface area contributed by atoms with Crippen molar-refractivity contribution < 1.29 is 4.42 Å². The number of benzene rings is 7. The van der Waals surface area contributed by atoms with E-state index < -0.39 is 0 Å². The Morgan fingerprint density at radius 1 is 0.481 bits per heavy atom. The Kier molecular flexibility index (Phi) is 6.76.